The first-order valence-electron chi connectivity index (χ1n) is 5.59. The lowest BCUT2D eigenvalue weighted by Gasteiger charge is -2.30. The molecule has 1 heteroatoms. The van der Waals surface area contributed by atoms with Crippen LogP contribution in [0.1, 0.15) is 45.4 Å². The number of hydrogen-bond acceptors (Lipinski definition) is 1. The van der Waals surface area contributed by atoms with Gasteiger partial charge in [-0.05, 0) is 44.1 Å². The molecule has 0 radical (unpaired) electrons. The summed E-state index contributed by atoms with van der Waals surface area (Å²) in [5, 5.41) is 3.73. The summed E-state index contributed by atoms with van der Waals surface area (Å²) in [5.74, 6) is 1.93. The summed E-state index contributed by atoms with van der Waals surface area (Å²) in [4.78, 5) is 0. The second kappa shape index (κ2) is 3.78. The molecule has 12 heavy (non-hydrogen) atoms. The fraction of sp³-hybridized carbons (Fsp3) is 1.00. The fourth-order valence-corrected chi connectivity index (χ4v) is 2.78. The van der Waals surface area contributed by atoms with E-state index in [4.69, 9.17) is 0 Å². The molecule has 2 aliphatic rings. The van der Waals surface area contributed by atoms with Gasteiger partial charge >= 0.3 is 0 Å². The lowest BCUT2D eigenvalue weighted by Crippen LogP contribution is -2.37. The van der Waals surface area contributed by atoms with Crippen molar-refractivity contribution in [1.29, 1.82) is 0 Å². The van der Waals surface area contributed by atoms with Gasteiger partial charge in [-0.1, -0.05) is 19.8 Å². The molecule has 3 unspecified atom stereocenters. The van der Waals surface area contributed by atoms with Crippen LogP contribution in [-0.2, 0) is 0 Å². The van der Waals surface area contributed by atoms with Gasteiger partial charge in [-0.15, -0.1) is 0 Å². The van der Waals surface area contributed by atoms with Crippen LogP contribution in [0, 0.1) is 11.8 Å². The Bertz CT molecular complexity index is 128. The summed E-state index contributed by atoms with van der Waals surface area (Å²) >= 11 is 0. The zero-order chi connectivity index (χ0) is 8.39. The van der Waals surface area contributed by atoms with E-state index in [1.807, 2.05) is 0 Å². The van der Waals surface area contributed by atoms with Crippen molar-refractivity contribution < 1.29 is 0 Å². The van der Waals surface area contributed by atoms with Crippen molar-refractivity contribution in [3.63, 3.8) is 0 Å². The standard InChI is InChI=1S/C11H21N/c1-9-6-7-10-4-2-3-5-11(10)12-8-9/h9-12H,2-8H2,1H3. The number of hydrogen-bond donors (Lipinski definition) is 1. The zero-order valence-electron chi connectivity index (χ0n) is 8.18. The molecule has 1 saturated heterocycles. The largest absolute Gasteiger partial charge is 0.313 e. The van der Waals surface area contributed by atoms with E-state index in [0.29, 0.717) is 0 Å². The molecule has 0 aromatic carbocycles. The third kappa shape index (κ3) is 1.82. The first kappa shape index (κ1) is 8.55. The summed E-state index contributed by atoms with van der Waals surface area (Å²) in [6, 6.07) is 0.878. The Hall–Kier alpha value is -0.0400. The number of rotatable bonds is 0. The molecule has 2 rings (SSSR count). The summed E-state index contributed by atoms with van der Waals surface area (Å²) in [5.41, 5.74) is 0. The van der Waals surface area contributed by atoms with Crippen molar-refractivity contribution in [3.05, 3.63) is 0 Å². The Labute approximate surface area is 75.9 Å². The second-order valence-electron chi connectivity index (χ2n) is 4.74. The highest BCUT2D eigenvalue weighted by molar-refractivity contribution is 4.84. The first-order chi connectivity index (χ1) is 5.86. The minimum absolute atomic E-state index is 0.878. The van der Waals surface area contributed by atoms with Crippen LogP contribution in [0.5, 0.6) is 0 Å². The summed E-state index contributed by atoms with van der Waals surface area (Å²) in [6.07, 6.45) is 8.81. The molecule has 70 valence electrons. The smallest absolute Gasteiger partial charge is 0.00954 e. The van der Waals surface area contributed by atoms with Crippen molar-refractivity contribution in [1.82, 2.24) is 5.32 Å². The van der Waals surface area contributed by atoms with Gasteiger partial charge in [0.15, 0.2) is 0 Å². The molecule has 0 amide bonds. The highest BCUT2D eigenvalue weighted by Gasteiger charge is 2.27. The molecule has 1 heterocycles. The van der Waals surface area contributed by atoms with Gasteiger partial charge in [-0.3, -0.25) is 0 Å². The van der Waals surface area contributed by atoms with E-state index in [2.05, 4.69) is 12.2 Å². The highest BCUT2D eigenvalue weighted by atomic mass is 14.9. The van der Waals surface area contributed by atoms with E-state index in [1.54, 1.807) is 0 Å². The van der Waals surface area contributed by atoms with Crippen molar-refractivity contribution in [3.8, 4) is 0 Å². The number of nitrogens with one attached hydrogen (secondary N) is 1. The second-order valence-corrected chi connectivity index (χ2v) is 4.74. The third-order valence-corrected chi connectivity index (χ3v) is 3.67. The normalized spacial score (nSPS) is 43.2. The predicted octanol–water partition coefficient (Wildman–Crippen LogP) is 2.56. The lowest BCUT2D eigenvalue weighted by atomic mass is 9.82. The van der Waals surface area contributed by atoms with Gasteiger partial charge in [0.2, 0.25) is 0 Å². The quantitative estimate of drug-likeness (QED) is 0.584. The van der Waals surface area contributed by atoms with Crippen molar-refractivity contribution >= 4 is 0 Å². The lowest BCUT2D eigenvalue weighted by molar-refractivity contribution is 0.267. The average Bonchev–Trinajstić information content (AvgIpc) is 2.29. The van der Waals surface area contributed by atoms with E-state index < -0.39 is 0 Å². The average molecular weight is 167 g/mol. The van der Waals surface area contributed by atoms with Gasteiger partial charge in [-0.25, -0.2) is 0 Å². The highest BCUT2D eigenvalue weighted by Crippen LogP contribution is 2.31. The van der Waals surface area contributed by atoms with Gasteiger partial charge in [0.25, 0.3) is 0 Å². The van der Waals surface area contributed by atoms with Gasteiger partial charge in [0.1, 0.15) is 0 Å². The first-order valence-corrected chi connectivity index (χ1v) is 5.59. The monoisotopic (exact) mass is 167 g/mol. The van der Waals surface area contributed by atoms with E-state index in [-0.39, 0.29) is 0 Å². The molecular formula is C11H21N. The van der Waals surface area contributed by atoms with Crippen molar-refractivity contribution in [2.45, 2.75) is 51.5 Å². The molecule has 1 aliphatic carbocycles. The van der Waals surface area contributed by atoms with Crippen molar-refractivity contribution in [2.24, 2.45) is 11.8 Å². The molecule has 0 spiro atoms. The van der Waals surface area contributed by atoms with Crippen LogP contribution < -0.4 is 5.32 Å². The zero-order valence-corrected chi connectivity index (χ0v) is 8.18. The Balaban J connectivity index is 1.94. The maximum Gasteiger partial charge on any atom is 0.00954 e. The van der Waals surface area contributed by atoms with Gasteiger partial charge < -0.3 is 5.32 Å². The maximum atomic E-state index is 3.73. The van der Waals surface area contributed by atoms with E-state index >= 15 is 0 Å². The van der Waals surface area contributed by atoms with Crippen LogP contribution >= 0.6 is 0 Å². The predicted molar refractivity (Wildman–Crippen MR) is 52.1 cm³/mol. The van der Waals surface area contributed by atoms with Crippen LogP contribution in [0.3, 0.4) is 0 Å². The Morgan fingerprint density at radius 3 is 2.75 bits per heavy atom. The Kier molecular flexibility index (Phi) is 2.69. The van der Waals surface area contributed by atoms with Crippen LogP contribution in [0.2, 0.25) is 0 Å². The van der Waals surface area contributed by atoms with Crippen LogP contribution in [-0.4, -0.2) is 12.6 Å². The van der Waals surface area contributed by atoms with Crippen LogP contribution in [0.25, 0.3) is 0 Å². The summed E-state index contributed by atoms with van der Waals surface area (Å²) < 4.78 is 0. The van der Waals surface area contributed by atoms with Crippen LogP contribution in [0.15, 0.2) is 0 Å². The minimum atomic E-state index is 0.878. The maximum absolute atomic E-state index is 3.73. The summed E-state index contributed by atoms with van der Waals surface area (Å²) in [7, 11) is 0. The molecule has 1 N–H and O–H groups in total. The summed E-state index contributed by atoms with van der Waals surface area (Å²) in [6.45, 7) is 3.64. The molecule has 1 aliphatic heterocycles. The van der Waals surface area contributed by atoms with E-state index in [9.17, 15) is 0 Å². The Morgan fingerprint density at radius 1 is 1.00 bits per heavy atom. The van der Waals surface area contributed by atoms with Gasteiger partial charge in [0.05, 0.1) is 0 Å². The third-order valence-electron chi connectivity index (χ3n) is 3.67. The minimum Gasteiger partial charge on any atom is -0.313 e. The van der Waals surface area contributed by atoms with E-state index in [1.165, 1.54) is 45.1 Å². The molecule has 0 aromatic rings. The van der Waals surface area contributed by atoms with Gasteiger partial charge in [-0.2, -0.15) is 0 Å². The molecule has 3 atom stereocenters. The molecule has 1 nitrogen and oxygen atoms in total. The van der Waals surface area contributed by atoms with Crippen LogP contribution in [0.4, 0.5) is 0 Å². The topological polar surface area (TPSA) is 12.0 Å². The van der Waals surface area contributed by atoms with Gasteiger partial charge in [0, 0.05) is 6.04 Å². The molecule has 2 fully saturated rings. The molecule has 0 aromatic heterocycles. The number of fused-ring (bicyclic) bond motifs is 1. The molecule has 0 bridgehead atoms. The Morgan fingerprint density at radius 2 is 1.83 bits per heavy atom. The molecule has 1 saturated carbocycles. The fourth-order valence-electron chi connectivity index (χ4n) is 2.78. The molecular weight excluding hydrogens is 146 g/mol. The SMILES string of the molecule is CC1CCC2CCCCC2NC1. The van der Waals surface area contributed by atoms with E-state index in [0.717, 1.165) is 17.9 Å². The van der Waals surface area contributed by atoms with Crippen molar-refractivity contribution in [2.75, 3.05) is 6.54 Å².